The standard InChI is InChI=1S/C11H20N4.2ClH/c1-12-9-11-3-6-14(10-11)7-8-15-5-2-4-13-15;;/h2,4-5,11-12H,3,6-10H2,1H3;2*1H. The zero-order chi connectivity index (χ0) is 10.5. The lowest BCUT2D eigenvalue weighted by atomic mass is 10.1. The average Bonchev–Trinajstić information content (AvgIpc) is 2.85. The predicted octanol–water partition coefficient (Wildman–Crippen LogP) is 1.27. The van der Waals surface area contributed by atoms with Crippen LogP contribution in [0.15, 0.2) is 18.5 Å². The minimum Gasteiger partial charge on any atom is -0.319 e. The smallest absolute Gasteiger partial charge is 0.0536 e. The Hall–Kier alpha value is -0.290. The fourth-order valence-corrected chi connectivity index (χ4v) is 2.25. The number of hydrogen-bond acceptors (Lipinski definition) is 3. The molecule has 0 aromatic carbocycles. The summed E-state index contributed by atoms with van der Waals surface area (Å²) >= 11 is 0. The molecule has 0 radical (unpaired) electrons. The quantitative estimate of drug-likeness (QED) is 0.882. The van der Waals surface area contributed by atoms with Crippen molar-refractivity contribution in [1.82, 2.24) is 20.0 Å². The van der Waals surface area contributed by atoms with E-state index in [4.69, 9.17) is 0 Å². The topological polar surface area (TPSA) is 33.1 Å². The normalized spacial score (nSPS) is 19.7. The maximum atomic E-state index is 4.21. The molecule has 1 fully saturated rings. The maximum Gasteiger partial charge on any atom is 0.0536 e. The van der Waals surface area contributed by atoms with E-state index in [-0.39, 0.29) is 24.8 Å². The Kier molecular flexibility index (Phi) is 8.60. The third-order valence-corrected chi connectivity index (χ3v) is 3.07. The Labute approximate surface area is 116 Å². The summed E-state index contributed by atoms with van der Waals surface area (Å²) in [6, 6.07) is 1.98. The van der Waals surface area contributed by atoms with E-state index in [1.54, 1.807) is 0 Å². The molecule has 1 saturated heterocycles. The van der Waals surface area contributed by atoms with Crippen LogP contribution in [-0.4, -0.2) is 47.9 Å². The molecule has 1 aliphatic rings. The van der Waals surface area contributed by atoms with Gasteiger partial charge >= 0.3 is 0 Å². The summed E-state index contributed by atoms with van der Waals surface area (Å²) in [6.07, 6.45) is 5.20. The van der Waals surface area contributed by atoms with Crippen LogP contribution < -0.4 is 5.32 Å². The van der Waals surface area contributed by atoms with Gasteiger partial charge in [-0.3, -0.25) is 4.68 Å². The predicted molar refractivity (Wildman–Crippen MR) is 75.2 cm³/mol. The van der Waals surface area contributed by atoms with Crippen LogP contribution in [0, 0.1) is 5.92 Å². The molecule has 4 nitrogen and oxygen atoms in total. The highest BCUT2D eigenvalue weighted by Crippen LogP contribution is 2.14. The van der Waals surface area contributed by atoms with Gasteiger partial charge in [-0.2, -0.15) is 5.10 Å². The summed E-state index contributed by atoms with van der Waals surface area (Å²) in [5.74, 6) is 0.840. The summed E-state index contributed by atoms with van der Waals surface area (Å²) in [5.41, 5.74) is 0. The van der Waals surface area contributed by atoms with Crippen molar-refractivity contribution in [3.05, 3.63) is 18.5 Å². The lowest BCUT2D eigenvalue weighted by Crippen LogP contribution is -2.27. The Morgan fingerprint density at radius 1 is 1.35 bits per heavy atom. The van der Waals surface area contributed by atoms with Gasteiger partial charge in [0.1, 0.15) is 0 Å². The first-order valence-corrected chi connectivity index (χ1v) is 5.73. The zero-order valence-corrected chi connectivity index (χ0v) is 11.8. The fourth-order valence-electron chi connectivity index (χ4n) is 2.25. The molecule has 1 aliphatic heterocycles. The van der Waals surface area contributed by atoms with E-state index < -0.39 is 0 Å². The molecule has 0 spiro atoms. The highest BCUT2D eigenvalue weighted by molar-refractivity contribution is 5.85. The van der Waals surface area contributed by atoms with Gasteiger partial charge in [-0.25, -0.2) is 0 Å². The van der Waals surface area contributed by atoms with Gasteiger partial charge < -0.3 is 10.2 Å². The fraction of sp³-hybridized carbons (Fsp3) is 0.727. The first-order chi connectivity index (χ1) is 7.38. The summed E-state index contributed by atoms with van der Waals surface area (Å²) in [7, 11) is 2.03. The summed E-state index contributed by atoms with van der Waals surface area (Å²) in [4.78, 5) is 2.53. The van der Waals surface area contributed by atoms with Crippen molar-refractivity contribution >= 4 is 24.8 Å². The molecule has 1 unspecified atom stereocenters. The molecule has 100 valence electrons. The van der Waals surface area contributed by atoms with E-state index in [0.717, 1.165) is 25.6 Å². The van der Waals surface area contributed by atoms with Gasteiger partial charge in [0.2, 0.25) is 0 Å². The van der Waals surface area contributed by atoms with Gasteiger partial charge in [0.05, 0.1) is 6.54 Å². The molecule has 1 aromatic rings. The molecule has 2 rings (SSSR count). The lowest BCUT2D eigenvalue weighted by molar-refractivity contribution is 0.302. The minimum absolute atomic E-state index is 0. The zero-order valence-electron chi connectivity index (χ0n) is 10.2. The van der Waals surface area contributed by atoms with Crippen molar-refractivity contribution in [3.8, 4) is 0 Å². The van der Waals surface area contributed by atoms with Crippen molar-refractivity contribution in [2.75, 3.05) is 33.2 Å². The van der Waals surface area contributed by atoms with E-state index >= 15 is 0 Å². The Bertz CT molecular complexity index is 279. The van der Waals surface area contributed by atoms with Crippen LogP contribution in [-0.2, 0) is 6.54 Å². The number of nitrogens with zero attached hydrogens (tertiary/aromatic N) is 3. The Morgan fingerprint density at radius 2 is 2.18 bits per heavy atom. The van der Waals surface area contributed by atoms with Gasteiger partial charge in [0, 0.05) is 25.5 Å². The van der Waals surface area contributed by atoms with E-state index in [1.807, 2.05) is 30.2 Å². The molecule has 6 heteroatoms. The SMILES string of the molecule is CNCC1CCN(CCn2cccn2)C1.Cl.Cl. The second-order valence-corrected chi connectivity index (χ2v) is 4.28. The maximum absolute atomic E-state index is 4.21. The van der Waals surface area contributed by atoms with Crippen molar-refractivity contribution in [3.63, 3.8) is 0 Å². The highest BCUT2D eigenvalue weighted by Gasteiger charge is 2.20. The van der Waals surface area contributed by atoms with Crippen molar-refractivity contribution < 1.29 is 0 Å². The minimum atomic E-state index is 0. The number of aromatic nitrogens is 2. The first-order valence-electron chi connectivity index (χ1n) is 5.73. The van der Waals surface area contributed by atoms with E-state index in [2.05, 4.69) is 15.3 Å². The Morgan fingerprint density at radius 3 is 2.82 bits per heavy atom. The largest absolute Gasteiger partial charge is 0.319 e. The molecule has 0 saturated carbocycles. The second-order valence-electron chi connectivity index (χ2n) is 4.28. The van der Waals surface area contributed by atoms with Crippen LogP contribution in [0.4, 0.5) is 0 Å². The summed E-state index contributed by atoms with van der Waals surface area (Å²) < 4.78 is 2.01. The van der Waals surface area contributed by atoms with Crippen LogP contribution in [0.2, 0.25) is 0 Å². The molecule has 2 heterocycles. The number of likely N-dealkylation sites (tertiary alicyclic amines) is 1. The van der Waals surface area contributed by atoms with Crippen LogP contribution in [0.1, 0.15) is 6.42 Å². The number of hydrogen-bond donors (Lipinski definition) is 1. The lowest BCUT2D eigenvalue weighted by Gasteiger charge is -2.15. The molecule has 17 heavy (non-hydrogen) atoms. The molecule has 1 atom stereocenters. The van der Waals surface area contributed by atoms with Crippen LogP contribution in [0.5, 0.6) is 0 Å². The molecule has 0 bridgehead atoms. The molecule has 1 N–H and O–H groups in total. The third-order valence-electron chi connectivity index (χ3n) is 3.07. The summed E-state index contributed by atoms with van der Waals surface area (Å²) in [5, 5.41) is 7.47. The molecular weight excluding hydrogens is 259 g/mol. The third kappa shape index (κ3) is 5.25. The van der Waals surface area contributed by atoms with Crippen LogP contribution in [0.25, 0.3) is 0 Å². The Balaban J connectivity index is 0.00000128. The van der Waals surface area contributed by atoms with Crippen molar-refractivity contribution in [1.29, 1.82) is 0 Å². The number of halogens is 2. The molecule has 1 aromatic heterocycles. The van der Waals surface area contributed by atoms with Gasteiger partial charge in [-0.15, -0.1) is 24.8 Å². The van der Waals surface area contributed by atoms with Gasteiger partial charge in [0.25, 0.3) is 0 Å². The van der Waals surface area contributed by atoms with E-state index in [1.165, 1.54) is 19.5 Å². The van der Waals surface area contributed by atoms with Gasteiger partial charge in [-0.1, -0.05) is 0 Å². The van der Waals surface area contributed by atoms with E-state index in [0.29, 0.717) is 0 Å². The molecule has 0 aliphatic carbocycles. The monoisotopic (exact) mass is 280 g/mol. The van der Waals surface area contributed by atoms with Crippen molar-refractivity contribution in [2.45, 2.75) is 13.0 Å². The highest BCUT2D eigenvalue weighted by atomic mass is 35.5. The number of nitrogens with one attached hydrogen (secondary N) is 1. The first kappa shape index (κ1) is 16.7. The number of rotatable bonds is 5. The van der Waals surface area contributed by atoms with Crippen LogP contribution in [0.3, 0.4) is 0 Å². The second kappa shape index (κ2) is 8.75. The average molecular weight is 281 g/mol. The molecule has 0 amide bonds. The van der Waals surface area contributed by atoms with Gasteiger partial charge in [-0.05, 0) is 38.5 Å². The van der Waals surface area contributed by atoms with Crippen molar-refractivity contribution in [2.24, 2.45) is 5.92 Å². The van der Waals surface area contributed by atoms with E-state index in [9.17, 15) is 0 Å². The van der Waals surface area contributed by atoms with Crippen LogP contribution >= 0.6 is 24.8 Å². The van der Waals surface area contributed by atoms with Gasteiger partial charge in [0.15, 0.2) is 0 Å². The molecular formula is C11H22Cl2N4. The summed E-state index contributed by atoms with van der Waals surface area (Å²) in [6.45, 7) is 5.77.